The molecule has 1 aromatic rings. The van der Waals surface area contributed by atoms with Crippen LogP contribution in [0.25, 0.3) is 0 Å². The Bertz CT molecular complexity index is 464. The Kier molecular flexibility index (Phi) is 5.99. The highest BCUT2D eigenvalue weighted by atomic mass is 32.2. The number of hydrogen-bond acceptors (Lipinski definition) is 2. The van der Waals surface area contributed by atoms with Gasteiger partial charge in [-0.15, -0.1) is 11.8 Å². The topological polar surface area (TPSA) is 3.24 Å². The van der Waals surface area contributed by atoms with Crippen molar-refractivity contribution in [2.75, 3.05) is 20.1 Å². The predicted molar refractivity (Wildman–Crippen MR) is 82.4 cm³/mol. The van der Waals surface area contributed by atoms with Gasteiger partial charge in [-0.2, -0.15) is 12.7 Å². The standard InChI is InChI=1S/C14H18F3NS2/c1-18-8-6-13(7-9-18)19-12-4-2-11(3-5-12)10-20(17)14(15)16/h2-5,13H,6-10H2,1H3. The van der Waals surface area contributed by atoms with Gasteiger partial charge in [0.2, 0.25) is 0 Å². The molecule has 0 radical (unpaired) electrons. The Labute approximate surface area is 124 Å². The average Bonchev–Trinajstić information content (AvgIpc) is 2.43. The number of thioether (sulfide) groups is 1. The molecule has 1 atom stereocenters. The first-order valence-electron chi connectivity index (χ1n) is 6.54. The maximum absolute atomic E-state index is 13.0. The smallest absolute Gasteiger partial charge is 0.306 e. The molecular formula is C14H18F3NS2. The summed E-state index contributed by atoms with van der Waals surface area (Å²) in [6, 6.07) is 7.32. The van der Waals surface area contributed by atoms with E-state index in [-0.39, 0.29) is 5.75 Å². The first-order valence-corrected chi connectivity index (χ1v) is 8.71. The lowest BCUT2D eigenvalue weighted by molar-refractivity contribution is 0.282. The molecule has 112 valence electrons. The van der Waals surface area contributed by atoms with Crippen molar-refractivity contribution >= 4 is 28.0 Å². The van der Waals surface area contributed by atoms with Crippen LogP contribution in [-0.2, 0) is 5.75 Å². The van der Waals surface area contributed by atoms with E-state index in [0.717, 1.165) is 18.0 Å². The van der Waals surface area contributed by atoms with Gasteiger partial charge in [-0.3, -0.25) is 0 Å². The van der Waals surface area contributed by atoms with E-state index in [0.29, 0.717) is 10.8 Å². The molecule has 1 aliphatic heterocycles. The van der Waals surface area contributed by atoms with E-state index in [1.165, 1.54) is 12.8 Å². The SMILES string of the molecule is CN1CCC(Sc2ccc(CS(F)=C(F)F)cc2)CC1. The highest BCUT2D eigenvalue weighted by Crippen LogP contribution is 2.31. The van der Waals surface area contributed by atoms with Gasteiger partial charge in [0.05, 0.1) is 10.9 Å². The summed E-state index contributed by atoms with van der Waals surface area (Å²) in [6.45, 7) is 2.23. The number of likely N-dealkylation sites (tertiary alicyclic amines) is 1. The highest BCUT2D eigenvalue weighted by molar-refractivity contribution is 8.10. The second-order valence-electron chi connectivity index (χ2n) is 4.97. The lowest BCUT2D eigenvalue weighted by Crippen LogP contribution is -2.31. The fourth-order valence-electron chi connectivity index (χ4n) is 2.16. The fraction of sp³-hybridized carbons (Fsp3) is 0.500. The first-order chi connectivity index (χ1) is 9.54. The van der Waals surface area contributed by atoms with Gasteiger partial charge in [-0.25, -0.2) is 0 Å². The molecule has 0 bridgehead atoms. The Hall–Kier alpha value is -0.460. The lowest BCUT2D eigenvalue weighted by atomic mass is 10.1. The molecule has 1 aliphatic rings. The lowest BCUT2D eigenvalue weighted by Gasteiger charge is -2.28. The molecular weight excluding hydrogens is 303 g/mol. The monoisotopic (exact) mass is 321 g/mol. The molecule has 0 N–H and O–H groups in total. The van der Waals surface area contributed by atoms with Crippen LogP contribution in [0.15, 0.2) is 29.2 Å². The summed E-state index contributed by atoms with van der Waals surface area (Å²) in [7, 11) is -0.289. The van der Waals surface area contributed by atoms with E-state index >= 15 is 0 Å². The molecule has 0 aliphatic carbocycles. The van der Waals surface area contributed by atoms with Gasteiger partial charge in [0.25, 0.3) is 0 Å². The summed E-state index contributed by atoms with van der Waals surface area (Å²) in [5.74, 6) is -0.221. The van der Waals surface area contributed by atoms with Gasteiger partial charge in [-0.05, 0) is 50.7 Å². The van der Waals surface area contributed by atoms with Gasteiger partial charge < -0.3 is 4.90 Å². The molecule has 20 heavy (non-hydrogen) atoms. The minimum Gasteiger partial charge on any atom is -0.306 e. The van der Waals surface area contributed by atoms with Gasteiger partial charge in [0.15, 0.2) is 0 Å². The molecule has 0 saturated carbocycles. The van der Waals surface area contributed by atoms with Crippen molar-refractivity contribution in [3.05, 3.63) is 29.8 Å². The Balaban J connectivity index is 1.90. The van der Waals surface area contributed by atoms with Gasteiger partial charge >= 0.3 is 5.37 Å². The zero-order chi connectivity index (χ0) is 14.5. The third-order valence-electron chi connectivity index (χ3n) is 3.35. The van der Waals surface area contributed by atoms with E-state index in [9.17, 15) is 12.7 Å². The molecule has 1 saturated heterocycles. The van der Waals surface area contributed by atoms with E-state index in [1.807, 2.05) is 23.9 Å². The number of benzene rings is 1. The zero-order valence-corrected chi connectivity index (χ0v) is 13.0. The van der Waals surface area contributed by atoms with Crippen molar-refractivity contribution in [1.82, 2.24) is 4.90 Å². The van der Waals surface area contributed by atoms with Crippen molar-refractivity contribution in [3.8, 4) is 0 Å². The Morgan fingerprint density at radius 2 is 1.85 bits per heavy atom. The van der Waals surface area contributed by atoms with Crippen LogP contribution in [-0.4, -0.2) is 35.7 Å². The van der Waals surface area contributed by atoms with Gasteiger partial charge in [-0.1, -0.05) is 12.1 Å². The average molecular weight is 321 g/mol. The molecule has 0 amide bonds. The summed E-state index contributed by atoms with van der Waals surface area (Å²) in [5, 5.41) is -1.50. The summed E-state index contributed by atoms with van der Waals surface area (Å²) in [4.78, 5) is 3.46. The normalized spacial score (nSPS) is 19.0. The number of rotatable bonds is 4. The van der Waals surface area contributed by atoms with Gasteiger partial charge in [0.1, 0.15) is 0 Å². The Morgan fingerprint density at radius 3 is 2.40 bits per heavy atom. The summed E-state index contributed by atoms with van der Waals surface area (Å²) in [6.07, 6.45) is 2.33. The highest BCUT2D eigenvalue weighted by Gasteiger charge is 2.17. The van der Waals surface area contributed by atoms with Crippen molar-refractivity contribution in [3.63, 3.8) is 0 Å². The van der Waals surface area contributed by atoms with Crippen LogP contribution in [0.5, 0.6) is 0 Å². The van der Waals surface area contributed by atoms with Crippen molar-refractivity contribution in [1.29, 1.82) is 0 Å². The van der Waals surface area contributed by atoms with Crippen LogP contribution in [0, 0.1) is 0 Å². The molecule has 2 rings (SSSR count). The quantitative estimate of drug-likeness (QED) is 0.591. The third kappa shape index (κ3) is 4.82. The van der Waals surface area contributed by atoms with E-state index in [4.69, 9.17) is 0 Å². The summed E-state index contributed by atoms with van der Waals surface area (Å²) < 4.78 is 37.1. The molecule has 0 spiro atoms. The van der Waals surface area contributed by atoms with E-state index < -0.39 is 16.2 Å². The number of hydrogen-bond donors (Lipinski definition) is 0. The molecule has 6 heteroatoms. The minimum atomic E-state index is -2.42. The van der Waals surface area contributed by atoms with Crippen LogP contribution in [0.1, 0.15) is 18.4 Å². The minimum absolute atomic E-state index is 0.221. The summed E-state index contributed by atoms with van der Waals surface area (Å²) >= 11 is 1.83. The van der Waals surface area contributed by atoms with Crippen LogP contribution >= 0.6 is 22.6 Å². The van der Waals surface area contributed by atoms with Crippen LogP contribution in [0.2, 0.25) is 0 Å². The maximum atomic E-state index is 13.0. The molecule has 0 aromatic heterocycles. The van der Waals surface area contributed by atoms with Crippen molar-refractivity contribution in [2.45, 2.75) is 28.7 Å². The molecule has 1 heterocycles. The number of nitrogens with zero attached hydrogens (tertiary/aromatic N) is 1. The van der Waals surface area contributed by atoms with Crippen LogP contribution < -0.4 is 0 Å². The second-order valence-corrected chi connectivity index (χ2v) is 7.60. The summed E-state index contributed by atoms with van der Waals surface area (Å²) in [5.41, 5.74) is 0.622. The first kappa shape index (κ1) is 15.9. The van der Waals surface area contributed by atoms with E-state index in [2.05, 4.69) is 11.9 Å². The molecule has 1 nitrogen and oxygen atoms in total. The largest absolute Gasteiger partial charge is 0.324 e. The van der Waals surface area contributed by atoms with Crippen molar-refractivity contribution < 1.29 is 12.7 Å². The fourth-order valence-corrected chi connectivity index (χ4v) is 3.88. The van der Waals surface area contributed by atoms with Gasteiger partial charge in [0, 0.05) is 15.9 Å². The van der Waals surface area contributed by atoms with Crippen LogP contribution in [0.4, 0.5) is 12.7 Å². The van der Waals surface area contributed by atoms with Crippen LogP contribution in [0.3, 0.4) is 0 Å². The predicted octanol–water partition coefficient (Wildman–Crippen LogP) is 4.55. The molecule has 1 fully saturated rings. The maximum Gasteiger partial charge on any atom is 0.324 e. The molecule has 1 unspecified atom stereocenters. The number of halogens is 3. The third-order valence-corrected chi connectivity index (χ3v) is 5.62. The number of piperidine rings is 1. The Morgan fingerprint density at radius 1 is 1.25 bits per heavy atom. The van der Waals surface area contributed by atoms with Crippen molar-refractivity contribution in [2.24, 2.45) is 0 Å². The second kappa shape index (κ2) is 7.52. The molecule has 1 aromatic carbocycles. The van der Waals surface area contributed by atoms with E-state index in [1.54, 1.807) is 12.1 Å². The zero-order valence-electron chi connectivity index (χ0n) is 11.3.